The predicted octanol–water partition coefficient (Wildman–Crippen LogP) is 4.84. The third-order valence-electron chi connectivity index (χ3n) is 6.24. The zero-order valence-corrected chi connectivity index (χ0v) is 22.7. The largest absolute Gasteiger partial charge is 0.395 e. The van der Waals surface area contributed by atoms with Gasteiger partial charge < -0.3 is 15.7 Å². The van der Waals surface area contributed by atoms with Gasteiger partial charge in [-0.1, -0.05) is 76.2 Å². The molecule has 1 aliphatic rings. The number of hydrogen-bond donors (Lipinski definition) is 3. The quantitative estimate of drug-likeness (QED) is 0.0910. The van der Waals surface area contributed by atoms with Crippen molar-refractivity contribution in [1.82, 2.24) is 9.97 Å². The smallest absolute Gasteiger partial charge is 0.331 e. The first kappa shape index (κ1) is 29.2. The molecule has 0 spiro atoms. The van der Waals surface area contributed by atoms with E-state index in [4.69, 9.17) is 16.7 Å². The van der Waals surface area contributed by atoms with Crippen LogP contribution >= 0.6 is 21.6 Å². The van der Waals surface area contributed by atoms with Gasteiger partial charge in [0.2, 0.25) is 5.82 Å². The van der Waals surface area contributed by atoms with Crippen molar-refractivity contribution in [1.29, 1.82) is 0 Å². The van der Waals surface area contributed by atoms with Crippen LogP contribution in [0.25, 0.3) is 0 Å². The van der Waals surface area contributed by atoms with E-state index in [1.807, 2.05) is 24.3 Å². The van der Waals surface area contributed by atoms with E-state index < -0.39 is 30.6 Å². The highest BCUT2D eigenvalue weighted by atomic mass is 33.1. The van der Waals surface area contributed by atoms with Crippen LogP contribution in [-0.2, 0) is 18.9 Å². The summed E-state index contributed by atoms with van der Waals surface area (Å²) in [6.07, 6.45) is 0.280. The number of rotatable bonds is 12. The SMILES string of the molecule is Nc1c(N(N)Cc2ccccc2CCSSCCO)nc(C(F)(F)c2ccccc2)nc1N1CCC(F)(F)C1. The summed E-state index contributed by atoms with van der Waals surface area (Å²) in [5.41, 5.74) is 7.68. The Morgan fingerprint density at radius 2 is 1.67 bits per heavy atom. The molecule has 0 radical (unpaired) electrons. The third-order valence-corrected chi connectivity index (χ3v) is 8.62. The number of halogens is 4. The second-order valence-electron chi connectivity index (χ2n) is 9.09. The molecular weight excluding hydrogens is 552 g/mol. The zero-order valence-electron chi connectivity index (χ0n) is 21.1. The van der Waals surface area contributed by atoms with E-state index in [0.29, 0.717) is 5.75 Å². The highest BCUT2D eigenvalue weighted by Gasteiger charge is 2.43. The molecule has 1 fully saturated rings. The molecule has 5 N–H and O–H groups in total. The van der Waals surface area contributed by atoms with E-state index in [9.17, 15) is 8.78 Å². The van der Waals surface area contributed by atoms with Gasteiger partial charge >= 0.3 is 5.92 Å². The first-order valence-corrected chi connectivity index (χ1v) is 14.8. The normalized spacial score (nSPS) is 15.1. The molecule has 210 valence electrons. The molecule has 4 rings (SSSR count). The summed E-state index contributed by atoms with van der Waals surface area (Å²) in [4.78, 5) is 9.28. The molecule has 0 aliphatic carbocycles. The topological polar surface area (TPSA) is 105 Å². The molecule has 0 saturated carbocycles. The standard InChI is InChI=1S/C26H30F4N6OS2/c27-25(28)11-12-35(17-25)22-21(31)23(34-24(33-22)26(29,30)20-8-2-1-3-9-20)36(32)16-19-7-5-4-6-18(19)10-14-38-39-15-13-37/h1-9,37H,10-17,31-32H2. The minimum atomic E-state index is -3.62. The molecule has 7 nitrogen and oxygen atoms in total. The van der Waals surface area contributed by atoms with Gasteiger partial charge in [-0.3, -0.25) is 5.01 Å². The van der Waals surface area contributed by atoms with Crippen molar-refractivity contribution in [2.75, 3.05) is 46.8 Å². The summed E-state index contributed by atoms with van der Waals surface area (Å²) in [7, 11) is 3.21. The maximum Gasteiger partial charge on any atom is 0.331 e. The average Bonchev–Trinajstić information content (AvgIpc) is 3.29. The summed E-state index contributed by atoms with van der Waals surface area (Å²) >= 11 is 0. The highest BCUT2D eigenvalue weighted by Crippen LogP contribution is 2.40. The number of nitrogen functional groups attached to an aromatic ring is 1. The second-order valence-corrected chi connectivity index (χ2v) is 11.8. The van der Waals surface area contributed by atoms with Gasteiger partial charge in [0.15, 0.2) is 11.6 Å². The van der Waals surface area contributed by atoms with E-state index in [1.54, 1.807) is 27.7 Å². The molecule has 13 heteroatoms. The summed E-state index contributed by atoms with van der Waals surface area (Å²) in [6, 6.07) is 14.6. The van der Waals surface area contributed by atoms with Crippen molar-refractivity contribution in [2.24, 2.45) is 5.84 Å². The fraction of sp³-hybridized carbons (Fsp3) is 0.385. The Balaban J connectivity index is 1.67. The highest BCUT2D eigenvalue weighted by molar-refractivity contribution is 8.76. The van der Waals surface area contributed by atoms with Gasteiger partial charge in [0, 0.05) is 30.0 Å². The second kappa shape index (κ2) is 12.6. The number of alkyl halides is 4. The van der Waals surface area contributed by atoms with E-state index in [2.05, 4.69) is 9.97 Å². The first-order valence-electron chi connectivity index (χ1n) is 12.3. The average molecular weight is 583 g/mol. The van der Waals surface area contributed by atoms with Crippen LogP contribution in [-0.4, -0.2) is 52.2 Å². The van der Waals surface area contributed by atoms with Crippen molar-refractivity contribution in [3.05, 3.63) is 77.1 Å². The predicted molar refractivity (Wildman–Crippen MR) is 150 cm³/mol. The number of aromatic nitrogens is 2. The van der Waals surface area contributed by atoms with Gasteiger partial charge in [-0.05, 0) is 17.5 Å². The lowest BCUT2D eigenvalue weighted by molar-refractivity contribution is 0.0256. The van der Waals surface area contributed by atoms with Crippen molar-refractivity contribution >= 4 is 38.9 Å². The first-order chi connectivity index (χ1) is 18.6. The molecule has 39 heavy (non-hydrogen) atoms. The van der Waals surface area contributed by atoms with Crippen molar-refractivity contribution in [2.45, 2.75) is 31.2 Å². The van der Waals surface area contributed by atoms with Crippen molar-refractivity contribution in [3.8, 4) is 0 Å². The van der Waals surface area contributed by atoms with Crippen LogP contribution < -0.4 is 21.5 Å². The van der Waals surface area contributed by atoms with Crippen LogP contribution in [0.1, 0.15) is 28.9 Å². The number of aliphatic hydroxyl groups excluding tert-OH is 1. The molecule has 2 aromatic carbocycles. The Hall–Kier alpha value is -2.74. The molecule has 0 unspecified atom stereocenters. The van der Waals surface area contributed by atoms with Gasteiger partial charge in [-0.2, -0.15) is 8.78 Å². The van der Waals surface area contributed by atoms with Crippen LogP contribution in [0.5, 0.6) is 0 Å². The van der Waals surface area contributed by atoms with Crippen molar-refractivity contribution in [3.63, 3.8) is 0 Å². The minimum Gasteiger partial charge on any atom is -0.395 e. The number of benzene rings is 2. The molecular formula is C26H30F4N6OS2. The number of aliphatic hydroxyl groups is 1. The molecule has 0 atom stereocenters. The Morgan fingerprint density at radius 1 is 1.00 bits per heavy atom. The Bertz CT molecular complexity index is 1250. The Labute approximate surface area is 232 Å². The maximum absolute atomic E-state index is 15.6. The van der Waals surface area contributed by atoms with Crippen LogP contribution in [0.4, 0.5) is 34.9 Å². The van der Waals surface area contributed by atoms with Gasteiger partial charge in [0.05, 0.1) is 19.7 Å². The monoisotopic (exact) mass is 582 g/mol. The van der Waals surface area contributed by atoms with Gasteiger partial charge in [0.1, 0.15) is 5.69 Å². The molecule has 1 saturated heterocycles. The van der Waals surface area contributed by atoms with Crippen LogP contribution in [0.3, 0.4) is 0 Å². The van der Waals surface area contributed by atoms with Crippen molar-refractivity contribution < 1.29 is 22.7 Å². The number of hydrazine groups is 1. The number of aryl methyl sites for hydroxylation is 1. The summed E-state index contributed by atoms with van der Waals surface area (Å²) in [5, 5.41) is 10.1. The lowest BCUT2D eigenvalue weighted by atomic mass is 10.1. The lowest BCUT2D eigenvalue weighted by Crippen LogP contribution is -2.35. The van der Waals surface area contributed by atoms with Gasteiger partial charge in [-0.25, -0.2) is 24.6 Å². The van der Waals surface area contributed by atoms with Crippen LogP contribution in [0.2, 0.25) is 0 Å². The van der Waals surface area contributed by atoms with Crippen LogP contribution in [0, 0.1) is 0 Å². The molecule has 2 heterocycles. The number of hydrogen-bond acceptors (Lipinski definition) is 9. The summed E-state index contributed by atoms with van der Waals surface area (Å²) < 4.78 is 59.3. The van der Waals surface area contributed by atoms with E-state index in [0.717, 1.165) is 28.3 Å². The molecule has 0 amide bonds. The zero-order chi connectivity index (χ0) is 28.0. The minimum absolute atomic E-state index is 0.0939. The Morgan fingerprint density at radius 3 is 2.33 bits per heavy atom. The van der Waals surface area contributed by atoms with Crippen LogP contribution in [0.15, 0.2) is 54.6 Å². The summed E-state index contributed by atoms with van der Waals surface area (Å²) in [6.45, 7) is -0.580. The van der Waals surface area contributed by atoms with E-state index >= 15 is 8.78 Å². The Kier molecular flexibility index (Phi) is 9.47. The fourth-order valence-corrected chi connectivity index (χ4v) is 6.05. The number of nitrogens with zero attached hydrogens (tertiary/aromatic N) is 4. The lowest BCUT2D eigenvalue weighted by Gasteiger charge is -2.27. The van der Waals surface area contributed by atoms with E-state index in [1.165, 1.54) is 29.2 Å². The van der Waals surface area contributed by atoms with E-state index in [-0.39, 0.29) is 42.6 Å². The number of nitrogens with two attached hydrogens (primary N) is 2. The maximum atomic E-state index is 15.6. The van der Waals surface area contributed by atoms with Gasteiger partial charge in [0.25, 0.3) is 5.92 Å². The molecule has 1 aromatic heterocycles. The van der Waals surface area contributed by atoms with Gasteiger partial charge in [-0.15, -0.1) is 0 Å². The third kappa shape index (κ3) is 7.07. The molecule has 1 aliphatic heterocycles. The number of anilines is 3. The fourth-order valence-electron chi connectivity index (χ4n) is 4.26. The molecule has 0 bridgehead atoms. The molecule has 3 aromatic rings. The summed E-state index contributed by atoms with van der Waals surface area (Å²) in [5.74, 6) is -0.0316.